The van der Waals surface area contributed by atoms with Crippen molar-refractivity contribution in [1.29, 1.82) is 10.5 Å². The maximum Gasteiger partial charge on any atom is 0.164 e. The number of rotatable bonds is 6. The smallest absolute Gasteiger partial charge is 0.164 e. The first kappa shape index (κ1) is 36.4. The minimum absolute atomic E-state index is 0.449. The van der Waals surface area contributed by atoms with E-state index >= 15 is 0 Å². The molecule has 0 aliphatic rings. The van der Waals surface area contributed by atoms with E-state index in [0.717, 1.165) is 71.9 Å². The van der Waals surface area contributed by atoms with Crippen LogP contribution in [-0.2, 0) is 0 Å². The molecule has 0 saturated carbocycles. The van der Waals surface area contributed by atoms with Crippen LogP contribution in [0.25, 0.3) is 100 Å². The molecule has 7 heteroatoms. The van der Waals surface area contributed by atoms with E-state index in [1.54, 1.807) is 0 Å². The van der Waals surface area contributed by atoms with Crippen molar-refractivity contribution in [2.45, 2.75) is 13.8 Å². The van der Waals surface area contributed by atoms with Crippen LogP contribution in [0.4, 0.5) is 0 Å². The van der Waals surface area contributed by atoms with E-state index in [2.05, 4.69) is 132 Å². The highest BCUT2D eigenvalue weighted by Crippen LogP contribution is 2.40. The van der Waals surface area contributed by atoms with Crippen molar-refractivity contribution in [3.8, 4) is 68.8 Å². The average molecular weight is 794 g/mol. The fraction of sp³-hybridized carbons (Fsp3) is 0.0364. The van der Waals surface area contributed by atoms with Crippen molar-refractivity contribution < 1.29 is 0 Å². The van der Waals surface area contributed by atoms with Gasteiger partial charge in [0.25, 0.3) is 0 Å². The molecule has 0 radical (unpaired) electrons. The molecule has 0 amide bonds. The van der Waals surface area contributed by atoms with Crippen LogP contribution in [0.5, 0.6) is 0 Å². The van der Waals surface area contributed by atoms with Crippen LogP contribution in [0.1, 0.15) is 22.3 Å². The van der Waals surface area contributed by atoms with Crippen LogP contribution in [0.15, 0.2) is 176 Å². The van der Waals surface area contributed by atoms with Crippen LogP contribution in [-0.4, -0.2) is 24.1 Å². The Hall–Kier alpha value is -8.65. The van der Waals surface area contributed by atoms with Gasteiger partial charge < -0.3 is 9.13 Å². The maximum absolute atomic E-state index is 10.7. The molecule has 62 heavy (non-hydrogen) atoms. The van der Waals surface area contributed by atoms with Gasteiger partial charge in [0.1, 0.15) is 6.07 Å². The molecule has 8 aromatic carbocycles. The molecule has 3 heterocycles. The molecule has 0 fully saturated rings. The van der Waals surface area contributed by atoms with Crippen LogP contribution in [0, 0.1) is 36.5 Å². The lowest BCUT2D eigenvalue weighted by Gasteiger charge is -2.16. The summed E-state index contributed by atoms with van der Waals surface area (Å²) in [6, 6.07) is 64.4. The lowest BCUT2D eigenvalue weighted by atomic mass is 9.98. The Morgan fingerprint density at radius 1 is 0.387 bits per heavy atom. The predicted molar refractivity (Wildman–Crippen MR) is 249 cm³/mol. The fourth-order valence-electron chi connectivity index (χ4n) is 8.86. The third-order valence-corrected chi connectivity index (χ3v) is 11.7. The quantitative estimate of drug-likeness (QED) is 0.167. The van der Waals surface area contributed by atoms with Crippen LogP contribution in [0.3, 0.4) is 0 Å². The van der Waals surface area contributed by atoms with Crippen molar-refractivity contribution in [2.24, 2.45) is 0 Å². The van der Waals surface area contributed by atoms with Crippen LogP contribution >= 0.6 is 0 Å². The van der Waals surface area contributed by atoms with E-state index in [4.69, 9.17) is 15.0 Å². The summed E-state index contributed by atoms with van der Waals surface area (Å²) in [4.78, 5) is 15.3. The topological polar surface area (TPSA) is 96.1 Å². The lowest BCUT2D eigenvalue weighted by molar-refractivity contribution is 1.07. The Morgan fingerprint density at radius 3 is 1.52 bits per heavy atom. The summed E-state index contributed by atoms with van der Waals surface area (Å²) in [6.45, 7) is 4.22. The van der Waals surface area contributed by atoms with Gasteiger partial charge in [-0.15, -0.1) is 0 Å². The number of aryl methyl sites for hydroxylation is 2. The van der Waals surface area contributed by atoms with Gasteiger partial charge in [-0.1, -0.05) is 102 Å². The zero-order valence-corrected chi connectivity index (χ0v) is 33.9. The Morgan fingerprint density at radius 2 is 0.903 bits per heavy atom. The molecule has 0 aliphatic carbocycles. The first-order valence-corrected chi connectivity index (χ1v) is 20.5. The molecule has 11 aromatic rings. The number of benzene rings is 8. The normalized spacial score (nSPS) is 11.4. The van der Waals surface area contributed by atoms with Crippen molar-refractivity contribution >= 4 is 43.6 Å². The first-order valence-electron chi connectivity index (χ1n) is 20.5. The highest BCUT2D eigenvalue weighted by atomic mass is 15.0. The summed E-state index contributed by atoms with van der Waals surface area (Å²) in [5.74, 6) is 1.45. The van der Waals surface area contributed by atoms with Gasteiger partial charge in [-0.25, -0.2) is 15.0 Å². The number of nitriles is 2. The molecule has 0 atom stereocenters. The second-order valence-electron chi connectivity index (χ2n) is 15.7. The lowest BCUT2D eigenvalue weighted by Crippen LogP contribution is -2.03. The van der Waals surface area contributed by atoms with Crippen molar-refractivity contribution in [3.63, 3.8) is 0 Å². The van der Waals surface area contributed by atoms with Crippen molar-refractivity contribution in [2.75, 3.05) is 0 Å². The molecular weight excluding hydrogens is 759 g/mol. The Kier molecular flexibility index (Phi) is 8.56. The van der Waals surface area contributed by atoms with Gasteiger partial charge in [0, 0.05) is 43.8 Å². The number of hydrogen-bond acceptors (Lipinski definition) is 5. The molecule has 0 aliphatic heterocycles. The van der Waals surface area contributed by atoms with E-state index in [1.807, 2.05) is 78.9 Å². The van der Waals surface area contributed by atoms with E-state index < -0.39 is 0 Å². The van der Waals surface area contributed by atoms with Gasteiger partial charge in [-0.3, -0.25) is 0 Å². The van der Waals surface area contributed by atoms with E-state index in [0.29, 0.717) is 34.2 Å². The van der Waals surface area contributed by atoms with Crippen LogP contribution in [0.2, 0.25) is 0 Å². The molecular formula is C55H35N7. The first-order chi connectivity index (χ1) is 30.4. The Labute approximate surface area is 357 Å². The van der Waals surface area contributed by atoms with Gasteiger partial charge in [-0.05, 0) is 104 Å². The zero-order valence-electron chi connectivity index (χ0n) is 33.9. The largest absolute Gasteiger partial charge is 0.309 e. The third kappa shape index (κ3) is 6.00. The van der Waals surface area contributed by atoms with Gasteiger partial charge >= 0.3 is 0 Å². The monoisotopic (exact) mass is 793 g/mol. The van der Waals surface area contributed by atoms with E-state index in [-0.39, 0.29) is 0 Å². The van der Waals surface area contributed by atoms with Crippen molar-refractivity contribution in [1.82, 2.24) is 24.1 Å². The van der Waals surface area contributed by atoms with Crippen LogP contribution < -0.4 is 0 Å². The zero-order chi connectivity index (χ0) is 41.9. The number of fused-ring (bicyclic) bond motifs is 6. The summed E-state index contributed by atoms with van der Waals surface area (Å²) < 4.78 is 4.48. The molecule has 0 N–H and O–H groups in total. The van der Waals surface area contributed by atoms with Gasteiger partial charge in [0.05, 0.1) is 50.6 Å². The number of nitrogens with zero attached hydrogens (tertiary/aromatic N) is 7. The molecule has 7 nitrogen and oxygen atoms in total. The Balaban J connectivity index is 1.12. The van der Waals surface area contributed by atoms with Gasteiger partial charge in [0.15, 0.2) is 17.5 Å². The number of para-hydroxylation sites is 2. The maximum atomic E-state index is 10.7. The number of hydrogen-bond donors (Lipinski definition) is 0. The molecule has 3 aromatic heterocycles. The van der Waals surface area contributed by atoms with E-state index in [1.165, 1.54) is 16.5 Å². The molecule has 0 unspecified atom stereocenters. The highest BCUT2D eigenvalue weighted by molar-refractivity contribution is 6.11. The summed E-state index contributed by atoms with van der Waals surface area (Å²) >= 11 is 0. The molecule has 0 saturated heterocycles. The second kappa shape index (κ2) is 14.6. The molecule has 11 rings (SSSR count). The third-order valence-electron chi connectivity index (χ3n) is 11.7. The van der Waals surface area contributed by atoms with Gasteiger partial charge in [0.2, 0.25) is 0 Å². The molecule has 290 valence electrons. The standard InChI is InChI=1S/C55H35N7/c1-34-19-23-51-45(27-34)42-15-6-8-17-48(42)61(51)47-25-21-39(30-41(47)33-57)54-58-53(37-12-4-3-5-13-37)59-55(60-54)40-22-26-50(44(31-40)38-14-10-11-36(29-38)32-56)62-49-18-9-7-16-43(49)46-28-35(2)20-24-52(46)62/h3-31H,1-2H3. The minimum atomic E-state index is 0.449. The van der Waals surface area contributed by atoms with E-state index in [9.17, 15) is 10.5 Å². The minimum Gasteiger partial charge on any atom is -0.309 e. The molecule has 0 bridgehead atoms. The van der Waals surface area contributed by atoms with Gasteiger partial charge in [-0.2, -0.15) is 10.5 Å². The molecule has 0 spiro atoms. The average Bonchev–Trinajstić information content (AvgIpc) is 3.83. The summed E-state index contributed by atoms with van der Waals surface area (Å²) in [7, 11) is 0. The summed E-state index contributed by atoms with van der Waals surface area (Å²) in [5.41, 5.74) is 13.5. The fourth-order valence-corrected chi connectivity index (χ4v) is 8.86. The Bertz CT molecular complexity index is 3690. The number of aromatic nitrogens is 5. The highest BCUT2D eigenvalue weighted by Gasteiger charge is 2.21. The SMILES string of the molecule is Cc1ccc2c(c1)c1ccccc1n2-c1ccc(-c2nc(-c3ccccc3)nc(-c3ccc(-n4c5ccccc5c5cc(C)ccc54)c(-c4cccc(C#N)c4)c3)n2)cc1C#N. The summed E-state index contributed by atoms with van der Waals surface area (Å²) in [5, 5.41) is 25.3. The predicted octanol–water partition coefficient (Wildman–Crippen LogP) is 13.1. The second-order valence-corrected chi connectivity index (χ2v) is 15.7. The van der Waals surface area contributed by atoms with Crippen molar-refractivity contribution in [3.05, 3.63) is 198 Å². The summed E-state index contributed by atoms with van der Waals surface area (Å²) in [6.07, 6.45) is 0.